The highest BCUT2D eigenvalue weighted by Crippen LogP contribution is 2.30. The van der Waals surface area contributed by atoms with E-state index in [1.54, 1.807) is 0 Å². The summed E-state index contributed by atoms with van der Waals surface area (Å²) in [5.41, 5.74) is 0.851. The maximum Gasteiger partial charge on any atom is 0.324 e. The molecule has 23 heavy (non-hydrogen) atoms. The van der Waals surface area contributed by atoms with Gasteiger partial charge in [0, 0.05) is 19.3 Å². The van der Waals surface area contributed by atoms with E-state index in [1.165, 1.54) is 14.2 Å². The van der Waals surface area contributed by atoms with Gasteiger partial charge in [0.25, 0.3) is 0 Å². The standard InChI is InChI=1S/C14H15N7O2/c1-22-13-15-12(16-14(17-13)23-2)20-7-9(8-20)11-19-18-10-5-3-4-6-21(10)11/h3-6,9H,7-8H2,1-2H3. The first kappa shape index (κ1) is 13.7. The van der Waals surface area contributed by atoms with Crippen LogP contribution in [0.1, 0.15) is 11.7 Å². The Morgan fingerprint density at radius 1 is 1.00 bits per heavy atom. The SMILES string of the molecule is COc1nc(OC)nc(N2CC(c3nnc4ccccn34)C2)n1. The lowest BCUT2D eigenvalue weighted by atomic mass is 10.00. The maximum absolute atomic E-state index is 5.08. The molecule has 4 heterocycles. The quantitative estimate of drug-likeness (QED) is 0.689. The molecule has 0 radical (unpaired) electrons. The molecular weight excluding hydrogens is 298 g/mol. The molecule has 1 aliphatic heterocycles. The van der Waals surface area contributed by atoms with Crippen molar-refractivity contribution in [3.8, 4) is 12.0 Å². The van der Waals surface area contributed by atoms with E-state index < -0.39 is 0 Å². The lowest BCUT2D eigenvalue weighted by Gasteiger charge is -2.38. The largest absolute Gasteiger partial charge is 0.467 e. The average Bonchev–Trinajstić information content (AvgIpc) is 2.97. The molecule has 4 rings (SSSR count). The fraction of sp³-hybridized carbons (Fsp3) is 0.357. The van der Waals surface area contributed by atoms with Crippen LogP contribution >= 0.6 is 0 Å². The molecule has 0 aromatic carbocycles. The zero-order chi connectivity index (χ0) is 15.8. The Balaban J connectivity index is 1.55. The number of methoxy groups -OCH3 is 2. The molecule has 0 amide bonds. The normalized spacial score (nSPS) is 14.8. The summed E-state index contributed by atoms with van der Waals surface area (Å²) < 4.78 is 12.2. The predicted molar refractivity (Wildman–Crippen MR) is 80.9 cm³/mol. The first-order valence-electron chi connectivity index (χ1n) is 7.17. The summed E-state index contributed by atoms with van der Waals surface area (Å²) in [5, 5.41) is 8.48. The molecule has 118 valence electrons. The second-order valence-electron chi connectivity index (χ2n) is 5.20. The Morgan fingerprint density at radius 3 is 2.43 bits per heavy atom. The van der Waals surface area contributed by atoms with Gasteiger partial charge in [-0.3, -0.25) is 4.40 Å². The molecule has 3 aromatic heterocycles. The van der Waals surface area contributed by atoms with Crippen LogP contribution < -0.4 is 14.4 Å². The van der Waals surface area contributed by atoms with E-state index in [-0.39, 0.29) is 17.9 Å². The second-order valence-corrected chi connectivity index (χ2v) is 5.20. The van der Waals surface area contributed by atoms with Crippen LogP contribution in [0.4, 0.5) is 5.95 Å². The number of anilines is 1. The fourth-order valence-electron chi connectivity index (χ4n) is 2.60. The van der Waals surface area contributed by atoms with Crippen LogP contribution in [0.3, 0.4) is 0 Å². The number of fused-ring (bicyclic) bond motifs is 1. The van der Waals surface area contributed by atoms with Crippen LogP contribution in [0.15, 0.2) is 24.4 Å². The van der Waals surface area contributed by atoms with Crippen LogP contribution in [0.5, 0.6) is 12.0 Å². The van der Waals surface area contributed by atoms with Crippen molar-refractivity contribution in [2.75, 3.05) is 32.2 Å². The number of ether oxygens (including phenoxy) is 2. The van der Waals surface area contributed by atoms with Crippen molar-refractivity contribution in [1.29, 1.82) is 0 Å². The molecule has 1 aliphatic rings. The van der Waals surface area contributed by atoms with Gasteiger partial charge in [-0.25, -0.2) is 0 Å². The summed E-state index contributed by atoms with van der Waals surface area (Å²) in [6.07, 6.45) is 1.97. The van der Waals surface area contributed by atoms with E-state index >= 15 is 0 Å². The van der Waals surface area contributed by atoms with E-state index in [0.717, 1.165) is 24.6 Å². The van der Waals surface area contributed by atoms with Gasteiger partial charge in [0.15, 0.2) is 5.65 Å². The minimum absolute atomic E-state index is 0.239. The van der Waals surface area contributed by atoms with Gasteiger partial charge in [0.05, 0.1) is 20.1 Å². The molecular formula is C14H15N7O2. The molecule has 0 bridgehead atoms. The van der Waals surface area contributed by atoms with Gasteiger partial charge in [-0.1, -0.05) is 6.07 Å². The Kier molecular flexibility index (Phi) is 3.18. The zero-order valence-electron chi connectivity index (χ0n) is 12.7. The van der Waals surface area contributed by atoms with E-state index in [1.807, 2.05) is 33.7 Å². The van der Waals surface area contributed by atoms with E-state index in [9.17, 15) is 0 Å². The Labute approximate surface area is 131 Å². The van der Waals surface area contributed by atoms with Crippen LogP contribution in [-0.2, 0) is 0 Å². The minimum Gasteiger partial charge on any atom is -0.467 e. The topological polar surface area (TPSA) is 90.6 Å². The van der Waals surface area contributed by atoms with Crippen molar-refractivity contribution >= 4 is 11.6 Å². The molecule has 1 fully saturated rings. The molecule has 0 saturated carbocycles. The fourth-order valence-corrected chi connectivity index (χ4v) is 2.60. The zero-order valence-corrected chi connectivity index (χ0v) is 12.7. The lowest BCUT2D eigenvalue weighted by molar-refractivity contribution is 0.337. The molecule has 9 nitrogen and oxygen atoms in total. The third kappa shape index (κ3) is 2.30. The summed E-state index contributed by atoms with van der Waals surface area (Å²) in [7, 11) is 3.03. The highest BCUT2D eigenvalue weighted by molar-refractivity contribution is 5.42. The summed E-state index contributed by atoms with van der Waals surface area (Å²) in [6, 6.07) is 6.34. The lowest BCUT2D eigenvalue weighted by Crippen LogP contribution is -2.46. The third-order valence-corrected chi connectivity index (χ3v) is 3.82. The van der Waals surface area contributed by atoms with Crippen LogP contribution in [0, 0.1) is 0 Å². The van der Waals surface area contributed by atoms with Crippen molar-refractivity contribution in [2.24, 2.45) is 0 Å². The molecule has 0 N–H and O–H groups in total. The van der Waals surface area contributed by atoms with Crippen molar-refractivity contribution in [3.63, 3.8) is 0 Å². The van der Waals surface area contributed by atoms with E-state index in [0.29, 0.717) is 5.95 Å². The molecule has 0 aliphatic carbocycles. The minimum atomic E-state index is 0.239. The number of hydrogen-bond acceptors (Lipinski definition) is 8. The summed E-state index contributed by atoms with van der Waals surface area (Å²) in [6.45, 7) is 1.51. The highest BCUT2D eigenvalue weighted by atomic mass is 16.5. The van der Waals surface area contributed by atoms with Gasteiger partial charge in [0.1, 0.15) is 5.82 Å². The number of nitrogens with zero attached hydrogens (tertiary/aromatic N) is 7. The Hall–Kier alpha value is -2.97. The summed E-state index contributed by atoms with van der Waals surface area (Å²) in [5.74, 6) is 1.77. The molecule has 0 spiro atoms. The number of pyridine rings is 1. The van der Waals surface area contributed by atoms with Crippen LogP contribution in [0.25, 0.3) is 5.65 Å². The molecule has 0 atom stereocenters. The van der Waals surface area contributed by atoms with Gasteiger partial charge in [-0.2, -0.15) is 9.97 Å². The van der Waals surface area contributed by atoms with Crippen molar-refractivity contribution in [1.82, 2.24) is 29.5 Å². The van der Waals surface area contributed by atoms with Gasteiger partial charge in [-0.05, 0) is 12.1 Å². The van der Waals surface area contributed by atoms with Gasteiger partial charge in [-0.15, -0.1) is 15.2 Å². The monoisotopic (exact) mass is 313 g/mol. The van der Waals surface area contributed by atoms with E-state index in [2.05, 4.69) is 25.1 Å². The molecule has 0 unspecified atom stereocenters. The summed E-state index contributed by atoms with van der Waals surface area (Å²) in [4.78, 5) is 14.5. The number of rotatable bonds is 4. The Morgan fingerprint density at radius 2 is 1.74 bits per heavy atom. The smallest absolute Gasteiger partial charge is 0.324 e. The predicted octanol–water partition coefficient (Wildman–Crippen LogP) is 0.535. The average molecular weight is 313 g/mol. The van der Waals surface area contributed by atoms with E-state index in [4.69, 9.17) is 9.47 Å². The van der Waals surface area contributed by atoms with Gasteiger partial charge >= 0.3 is 12.0 Å². The second kappa shape index (κ2) is 5.34. The summed E-state index contributed by atoms with van der Waals surface area (Å²) >= 11 is 0. The van der Waals surface area contributed by atoms with Crippen molar-refractivity contribution < 1.29 is 9.47 Å². The van der Waals surface area contributed by atoms with Crippen molar-refractivity contribution in [2.45, 2.75) is 5.92 Å². The first-order chi connectivity index (χ1) is 11.3. The van der Waals surface area contributed by atoms with Crippen LogP contribution in [0.2, 0.25) is 0 Å². The first-order valence-corrected chi connectivity index (χ1v) is 7.17. The third-order valence-electron chi connectivity index (χ3n) is 3.82. The number of aromatic nitrogens is 6. The highest BCUT2D eigenvalue weighted by Gasteiger charge is 2.34. The molecule has 1 saturated heterocycles. The molecule has 9 heteroatoms. The maximum atomic E-state index is 5.08. The van der Waals surface area contributed by atoms with Crippen LogP contribution in [-0.4, -0.2) is 56.9 Å². The number of hydrogen-bond donors (Lipinski definition) is 0. The molecule has 3 aromatic rings. The van der Waals surface area contributed by atoms with Crippen molar-refractivity contribution in [3.05, 3.63) is 30.2 Å². The Bertz CT molecular complexity index is 822. The van der Waals surface area contributed by atoms with Gasteiger partial charge in [0.2, 0.25) is 5.95 Å². The van der Waals surface area contributed by atoms with Gasteiger partial charge < -0.3 is 14.4 Å².